The SMILES string of the molecule is C/C=C(\C)c1nc(Nc2ccc(C(=O)Nc3ccccc3)cn2)nc(N2CCN(CCO)CC2)n1. The van der Waals surface area contributed by atoms with Gasteiger partial charge in [0, 0.05) is 44.6 Å². The number of aliphatic hydroxyl groups is 1. The molecule has 4 rings (SSSR count). The number of allylic oxidation sites excluding steroid dienone is 2. The van der Waals surface area contributed by atoms with Crippen LogP contribution in [-0.2, 0) is 0 Å². The van der Waals surface area contributed by atoms with Crippen molar-refractivity contribution in [3.63, 3.8) is 0 Å². The van der Waals surface area contributed by atoms with Gasteiger partial charge in [0.25, 0.3) is 5.91 Å². The van der Waals surface area contributed by atoms with Crippen LogP contribution in [0.5, 0.6) is 0 Å². The Morgan fingerprint density at radius 1 is 1.06 bits per heavy atom. The van der Waals surface area contributed by atoms with Crippen molar-refractivity contribution in [1.29, 1.82) is 0 Å². The molecule has 0 aliphatic carbocycles. The second kappa shape index (κ2) is 11.5. The number of anilines is 4. The molecule has 10 heteroatoms. The first-order chi connectivity index (χ1) is 17.1. The molecule has 0 bridgehead atoms. The molecule has 1 aromatic carbocycles. The Bertz CT molecular complexity index is 1160. The fourth-order valence-corrected chi connectivity index (χ4v) is 3.62. The second-order valence-electron chi connectivity index (χ2n) is 8.18. The zero-order chi connectivity index (χ0) is 24.6. The lowest BCUT2D eigenvalue weighted by Crippen LogP contribution is -2.47. The Balaban J connectivity index is 1.49. The average Bonchev–Trinajstić information content (AvgIpc) is 2.89. The number of aliphatic hydroxyl groups excluding tert-OH is 1. The van der Waals surface area contributed by atoms with Crippen molar-refractivity contribution in [2.24, 2.45) is 0 Å². The van der Waals surface area contributed by atoms with E-state index in [4.69, 9.17) is 0 Å². The molecule has 1 amide bonds. The molecule has 0 spiro atoms. The summed E-state index contributed by atoms with van der Waals surface area (Å²) in [6.45, 7) is 7.93. The zero-order valence-corrected chi connectivity index (χ0v) is 20.0. The van der Waals surface area contributed by atoms with Gasteiger partial charge in [0.15, 0.2) is 5.82 Å². The van der Waals surface area contributed by atoms with Gasteiger partial charge in [0.2, 0.25) is 11.9 Å². The lowest BCUT2D eigenvalue weighted by Gasteiger charge is -2.34. The van der Waals surface area contributed by atoms with E-state index in [2.05, 4.69) is 40.4 Å². The minimum absolute atomic E-state index is 0.157. The Kier molecular flexibility index (Phi) is 7.96. The molecule has 1 saturated heterocycles. The number of carbonyl (C=O) groups is 1. The van der Waals surface area contributed by atoms with E-state index in [9.17, 15) is 9.90 Å². The van der Waals surface area contributed by atoms with Crippen LogP contribution in [0.25, 0.3) is 5.57 Å². The molecular weight excluding hydrogens is 444 g/mol. The number of hydrogen-bond donors (Lipinski definition) is 3. The van der Waals surface area contributed by atoms with Gasteiger partial charge >= 0.3 is 0 Å². The van der Waals surface area contributed by atoms with Gasteiger partial charge < -0.3 is 20.6 Å². The molecule has 3 heterocycles. The van der Waals surface area contributed by atoms with Crippen molar-refractivity contribution in [2.75, 3.05) is 54.9 Å². The Labute approximate surface area is 204 Å². The maximum Gasteiger partial charge on any atom is 0.257 e. The Morgan fingerprint density at radius 3 is 2.49 bits per heavy atom. The molecular formula is C25H30N8O2. The first-order valence-corrected chi connectivity index (χ1v) is 11.6. The normalized spacial score (nSPS) is 14.6. The highest BCUT2D eigenvalue weighted by Gasteiger charge is 2.20. The van der Waals surface area contributed by atoms with Gasteiger partial charge in [-0.1, -0.05) is 24.3 Å². The molecule has 182 valence electrons. The summed E-state index contributed by atoms with van der Waals surface area (Å²) in [6.07, 6.45) is 3.47. The third-order valence-electron chi connectivity index (χ3n) is 5.78. The summed E-state index contributed by atoms with van der Waals surface area (Å²) in [5.74, 6) is 1.87. The summed E-state index contributed by atoms with van der Waals surface area (Å²) in [6, 6.07) is 12.7. The second-order valence-corrected chi connectivity index (χ2v) is 8.18. The molecule has 0 saturated carbocycles. The summed E-state index contributed by atoms with van der Waals surface area (Å²) in [7, 11) is 0. The van der Waals surface area contributed by atoms with Crippen molar-refractivity contribution in [3.05, 3.63) is 66.1 Å². The van der Waals surface area contributed by atoms with E-state index in [1.165, 1.54) is 6.20 Å². The number of hydrogen-bond acceptors (Lipinski definition) is 9. The molecule has 1 aliphatic rings. The van der Waals surface area contributed by atoms with Gasteiger partial charge in [-0.3, -0.25) is 9.69 Å². The van der Waals surface area contributed by atoms with E-state index >= 15 is 0 Å². The van der Waals surface area contributed by atoms with Crippen molar-refractivity contribution in [3.8, 4) is 0 Å². The molecule has 1 fully saturated rings. The van der Waals surface area contributed by atoms with E-state index in [1.54, 1.807) is 12.1 Å². The Hall–Kier alpha value is -3.89. The van der Waals surface area contributed by atoms with Crippen LogP contribution in [0, 0.1) is 0 Å². The molecule has 35 heavy (non-hydrogen) atoms. The van der Waals surface area contributed by atoms with Crippen LogP contribution in [0.3, 0.4) is 0 Å². The van der Waals surface area contributed by atoms with Crippen LogP contribution in [0.15, 0.2) is 54.7 Å². The topological polar surface area (TPSA) is 119 Å². The van der Waals surface area contributed by atoms with E-state index in [1.807, 2.05) is 50.3 Å². The average molecular weight is 475 g/mol. The summed E-state index contributed by atoms with van der Waals surface area (Å²) >= 11 is 0. The fourth-order valence-electron chi connectivity index (χ4n) is 3.62. The number of nitrogens with one attached hydrogen (secondary N) is 2. The number of carbonyl (C=O) groups excluding carboxylic acids is 1. The molecule has 3 aromatic rings. The predicted molar refractivity (Wildman–Crippen MR) is 137 cm³/mol. The lowest BCUT2D eigenvalue weighted by molar-refractivity contribution is 0.102. The van der Waals surface area contributed by atoms with Gasteiger partial charge in [-0.05, 0) is 43.7 Å². The highest BCUT2D eigenvalue weighted by Crippen LogP contribution is 2.20. The molecule has 2 aromatic heterocycles. The molecule has 0 unspecified atom stereocenters. The third-order valence-corrected chi connectivity index (χ3v) is 5.78. The predicted octanol–water partition coefficient (Wildman–Crippen LogP) is 2.80. The number of pyridine rings is 1. The highest BCUT2D eigenvalue weighted by atomic mass is 16.3. The van der Waals surface area contributed by atoms with Crippen LogP contribution < -0.4 is 15.5 Å². The van der Waals surface area contributed by atoms with Gasteiger partial charge in [-0.15, -0.1) is 0 Å². The van der Waals surface area contributed by atoms with E-state index in [0.717, 1.165) is 37.4 Å². The number of piperazine rings is 1. The van der Waals surface area contributed by atoms with Crippen molar-refractivity contribution >= 4 is 34.9 Å². The van der Waals surface area contributed by atoms with Gasteiger partial charge in [-0.2, -0.15) is 15.0 Å². The van der Waals surface area contributed by atoms with E-state index in [0.29, 0.717) is 35.6 Å². The number of β-amino-alcohol motifs (C(OH)–C–C–N with tert-alkyl or cyclic N) is 1. The molecule has 0 radical (unpaired) electrons. The molecule has 3 N–H and O–H groups in total. The maximum atomic E-state index is 12.5. The maximum absolute atomic E-state index is 12.5. The molecule has 10 nitrogen and oxygen atoms in total. The van der Waals surface area contributed by atoms with Crippen LogP contribution in [0.4, 0.5) is 23.4 Å². The fraction of sp³-hybridized carbons (Fsp3) is 0.320. The van der Waals surface area contributed by atoms with Crippen molar-refractivity contribution in [2.45, 2.75) is 13.8 Å². The molecule has 0 atom stereocenters. The number of amides is 1. The number of para-hydroxylation sites is 1. The van der Waals surface area contributed by atoms with E-state index in [-0.39, 0.29) is 12.5 Å². The standard InChI is InChI=1S/C25H30N8O2/c1-3-18(2)22-29-24(31-25(30-22)33-13-11-32(12-14-33)15-16-34)28-21-10-9-19(17-26-21)23(35)27-20-7-5-4-6-8-20/h3-10,17,34H,11-16H2,1-2H3,(H,27,35)(H,26,28,29,30,31)/b18-3+. The number of nitrogens with zero attached hydrogens (tertiary/aromatic N) is 6. The summed E-state index contributed by atoms with van der Waals surface area (Å²) in [5.41, 5.74) is 2.11. The first kappa shape index (κ1) is 24.2. The smallest absolute Gasteiger partial charge is 0.257 e. The number of benzene rings is 1. The first-order valence-electron chi connectivity index (χ1n) is 11.6. The third kappa shape index (κ3) is 6.37. The van der Waals surface area contributed by atoms with Crippen LogP contribution >= 0.6 is 0 Å². The lowest BCUT2D eigenvalue weighted by atomic mass is 10.2. The summed E-state index contributed by atoms with van der Waals surface area (Å²) in [4.78, 5) is 35.1. The van der Waals surface area contributed by atoms with Gasteiger partial charge in [0.05, 0.1) is 12.2 Å². The van der Waals surface area contributed by atoms with Crippen LogP contribution in [0.1, 0.15) is 30.0 Å². The zero-order valence-electron chi connectivity index (χ0n) is 20.0. The van der Waals surface area contributed by atoms with Gasteiger partial charge in [-0.25, -0.2) is 4.98 Å². The monoisotopic (exact) mass is 474 g/mol. The van der Waals surface area contributed by atoms with Crippen LogP contribution in [0.2, 0.25) is 0 Å². The van der Waals surface area contributed by atoms with Crippen molar-refractivity contribution < 1.29 is 9.90 Å². The van der Waals surface area contributed by atoms with Crippen LogP contribution in [-0.4, -0.2) is 75.2 Å². The summed E-state index contributed by atoms with van der Waals surface area (Å²) < 4.78 is 0. The van der Waals surface area contributed by atoms with Crippen molar-refractivity contribution in [1.82, 2.24) is 24.8 Å². The number of aromatic nitrogens is 4. The van der Waals surface area contributed by atoms with E-state index < -0.39 is 0 Å². The largest absolute Gasteiger partial charge is 0.395 e. The highest BCUT2D eigenvalue weighted by molar-refractivity contribution is 6.04. The minimum atomic E-state index is -0.232. The Morgan fingerprint density at radius 2 is 1.83 bits per heavy atom. The minimum Gasteiger partial charge on any atom is -0.395 e. The molecule has 1 aliphatic heterocycles. The van der Waals surface area contributed by atoms with Gasteiger partial charge in [0.1, 0.15) is 5.82 Å². The summed E-state index contributed by atoms with van der Waals surface area (Å²) in [5, 5.41) is 15.2. The quantitative estimate of drug-likeness (QED) is 0.453. The number of rotatable bonds is 8.